The third-order valence-electron chi connectivity index (χ3n) is 2.02. The van der Waals surface area contributed by atoms with Gasteiger partial charge >= 0.3 is 0 Å². The Hall–Kier alpha value is -1.29. The standard InChI is InChI=1S/C11H18N2O2/c1-13(2)7-4-6-12-11(14)9-10-5-3-8-15-10/h3,5,8H,4,6-7,9H2,1-2H3,(H,12,14). The minimum Gasteiger partial charge on any atom is -0.469 e. The summed E-state index contributed by atoms with van der Waals surface area (Å²) in [5.41, 5.74) is 0. The third kappa shape index (κ3) is 5.22. The van der Waals surface area contributed by atoms with E-state index in [1.165, 1.54) is 0 Å². The number of nitrogens with zero attached hydrogens (tertiary/aromatic N) is 1. The fraction of sp³-hybridized carbons (Fsp3) is 0.545. The first kappa shape index (κ1) is 11.8. The second-order valence-electron chi connectivity index (χ2n) is 3.76. The van der Waals surface area contributed by atoms with Gasteiger partial charge in [0.1, 0.15) is 5.76 Å². The van der Waals surface area contributed by atoms with Crippen LogP contribution in [0.1, 0.15) is 12.2 Å². The third-order valence-corrected chi connectivity index (χ3v) is 2.02. The smallest absolute Gasteiger partial charge is 0.227 e. The Labute approximate surface area is 90.3 Å². The molecule has 0 aliphatic heterocycles. The van der Waals surface area contributed by atoms with E-state index in [9.17, 15) is 4.79 Å². The summed E-state index contributed by atoms with van der Waals surface area (Å²) in [5.74, 6) is 0.726. The molecule has 0 spiro atoms. The highest BCUT2D eigenvalue weighted by molar-refractivity contribution is 5.77. The molecule has 0 fully saturated rings. The normalized spacial score (nSPS) is 10.6. The van der Waals surface area contributed by atoms with Crippen molar-refractivity contribution in [2.24, 2.45) is 0 Å². The second-order valence-corrected chi connectivity index (χ2v) is 3.76. The van der Waals surface area contributed by atoms with Crippen molar-refractivity contribution in [3.63, 3.8) is 0 Å². The zero-order valence-electron chi connectivity index (χ0n) is 9.32. The van der Waals surface area contributed by atoms with Crippen molar-refractivity contribution in [2.45, 2.75) is 12.8 Å². The maximum absolute atomic E-state index is 11.4. The lowest BCUT2D eigenvalue weighted by Gasteiger charge is -2.09. The van der Waals surface area contributed by atoms with Gasteiger partial charge in [-0.1, -0.05) is 0 Å². The molecule has 0 atom stereocenters. The van der Waals surface area contributed by atoms with Crippen LogP contribution in [-0.2, 0) is 11.2 Å². The summed E-state index contributed by atoms with van der Waals surface area (Å²) in [6.07, 6.45) is 2.88. The van der Waals surface area contributed by atoms with Crippen molar-refractivity contribution in [3.8, 4) is 0 Å². The van der Waals surface area contributed by atoms with Gasteiger partial charge < -0.3 is 14.6 Å². The van der Waals surface area contributed by atoms with Gasteiger partial charge in [-0.15, -0.1) is 0 Å². The lowest BCUT2D eigenvalue weighted by molar-refractivity contribution is -0.120. The number of carbonyl (C=O) groups is 1. The van der Waals surface area contributed by atoms with Crippen LogP contribution in [-0.4, -0.2) is 38.0 Å². The number of furan rings is 1. The van der Waals surface area contributed by atoms with E-state index < -0.39 is 0 Å². The lowest BCUT2D eigenvalue weighted by Crippen LogP contribution is -2.28. The average molecular weight is 210 g/mol. The molecule has 15 heavy (non-hydrogen) atoms. The molecular formula is C11H18N2O2. The molecule has 0 radical (unpaired) electrons. The minimum atomic E-state index is 0.0173. The summed E-state index contributed by atoms with van der Waals surface area (Å²) < 4.78 is 5.08. The zero-order valence-corrected chi connectivity index (χ0v) is 9.32. The molecule has 1 aromatic rings. The fourth-order valence-electron chi connectivity index (χ4n) is 1.26. The molecule has 0 aromatic carbocycles. The summed E-state index contributed by atoms with van der Waals surface area (Å²) in [6.45, 7) is 1.71. The van der Waals surface area contributed by atoms with E-state index >= 15 is 0 Å². The zero-order chi connectivity index (χ0) is 11.1. The first-order valence-corrected chi connectivity index (χ1v) is 5.12. The van der Waals surface area contributed by atoms with Gasteiger partial charge in [0.2, 0.25) is 5.91 Å². The quantitative estimate of drug-likeness (QED) is 0.709. The molecule has 4 nitrogen and oxygen atoms in total. The SMILES string of the molecule is CN(C)CCCNC(=O)Cc1ccco1. The van der Waals surface area contributed by atoms with E-state index in [4.69, 9.17) is 4.42 Å². The molecule has 1 rings (SSSR count). The van der Waals surface area contributed by atoms with E-state index in [0.29, 0.717) is 12.2 Å². The van der Waals surface area contributed by atoms with Gasteiger partial charge in [0, 0.05) is 6.54 Å². The maximum Gasteiger partial charge on any atom is 0.227 e. The molecule has 84 valence electrons. The highest BCUT2D eigenvalue weighted by Gasteiger charge is 2.04. The van der Waals surface area contributed by atoms with Crippen LogP contribution in [0.25, 0.3) is 0 Å². The molecule has 1 heterocycles. The number of rotatable bonds is 6. The van der Waals surface area contributed by atoms with Gasteiger partial charge in [-0.2, -0.15) is 0 Å². The number of amides is 1. The van der Waals surface area contributed by atoms with Gasteiger partial charge in [0.05, 0.1) is 12.7 Å². The Morgan fingerprint density at radius 1 is 1.53 bits per heavy atom. The van der Waals surface area contributed by atoms with Gasteiger partial charge in [0.25, 0.3) is 0 Å². The first-order valence-electron chi connectivity index (χ1n) is 5.12. The average Bonchev–Trinajstić information content (AvgIpc) is 2.64. The molecule has 1 N–H and O–H groups in total. The molecule has 0 aliphatic rings. The summed E-state index contributed by atoms with van der Waals surface area (Å²) in [7, 11) is 4.04. The first-order chi connectivity index (χ1) is 7.18. The monoisotopic (exact) mass is 210 g/mol. The topological polar surface area (TPSA) is 45.5 Å². The Balaban J connectivity index is 2.09. The predicted molar refractivity (Wildman–Crippen MR) is 58.6 cm³/mol. The number of hydrogen-bond donors (Lipinski definition) is 1. The fourth-order valence-corrected chi connectivity index (χ4v) is 1.26. The summed E-state index contributed by atoms with van der Waals surface area (Å²) >= 11 is 0. The van der Waals surface area contributed by atoms with Crippen molar-refractivity contribution in [1.82, 2.24) is 10.2 Å². The van der Waals surface area contributed by atoms with E-state index in [2.05, 4.69) is 10.2 Å². The molecule has 4 heteroatoms. The van der Waals surface area contributed by atoms with Crippen LogP contribution in [0.4, 0.5) is 0 Å². The van der Waals surface area contributed by atoms with E-state index in [1.54, 1.807) is 18.4 Å². The van der Waals surface area contributed by atoms with Crippen molar-refractivity contribution in [3.05, 3.63) is 24.2 Å². The molecule has 1 aromatic heterocycles. The molecule has 1 amide bonds. The Morgan fingerprint density at radius 3 is 2.93 bits per heavy atom. The van der Waals surface area contributed by atoms with E-state index in [1.807, 2.05) is 14.1 Å². The van der Waals surface area contributed by atoms with Crippen LogP contribution in [0.5, 0.6) is 0 Å². The summed E-state index contributed by atoms with van der Waals surface area (Å²) in [4.78, 5) is 13.5. The number of nitrogens with one attached hydrogen (secondary N) is 1. The van der Waals surface area contributed by atoms with Crippen LogP contribution < -0.4 is 5.32 Å². The maximum atomic E-state index is 11.4. The summed E-state index contributed by atoms with van der Waals surface area (Å²) in [5, 5.41) is 2.85. The van der Waals surface area contributed by atoms with Crippen molar-refractivity contribution in [2.75, 3.05) is 27.2 Å². The van der Waals surface area contributed by atoms with Gasteiger partial charge in [-0.05, 0) is 39.2 Å². The van der Waals surface area contributed by atoms with Crippen LogP contribution in [0.2, 0.25) is 0 Å². The largest absolute Gasteiger partial charge is 0.469 e. The Kier molecular flexibility index (Phi) is 4.90. The van der Waals surface area contributed by atoms with Crippen molar-refractivity contribution in [1.29, 1.82) is 0 Å². The lowest BCUT2D eigenvalue weighted by atomic mass is 10.3. The van der Waals surface area contributed by atoms with Crippen molar-refractivity contribution < 1.29 is 9.21 Å². The summed E-state index contributed by atoms with van der Waals surface area (Å²) in [6, 6.07) is 3.59. The highest BCUT2D eigenvalue weighted by Crippen LogP contribution is 2.00. The number of hydrogen-bond acceptors (Lipinski definition) is 3. The highest BCUT2D eigenvalue weighted by atomic mass is 16.3. The predicted octanol–water partition coefficient (Wildman–Crippen LogP) is 0.890. The molecule has 0 aliphatic carbocycles. The van der Waals surface area contributed by atoms with Crippen LogP contribution in [0, 0.1) is 0 Å². The molecule has 0 saturated carbocycles. The molecule has 0 saturated heterocycles. The Morgan fingerprint density at radius 2 is 2.33 bits per heavy atom. The van der Waals surface area contributed by atoms with Crippen molar-refractivity contribution >= 4 is 5.91 Å². The van der Waals surface area contributed by atoms with Crippen LogP contribution >= 0.6 is 0 Å². The number of carbonyl (C=O) groups excluding carboxylic acids is 1. The molecular weight excluding hydrogens is 192 g/mol. The Bertz CT molecular complexity index is 281. The van der Waals surface area contributed by atoms with E-state index in [0.717, 1.165) is 19.5 Å². The minimum absolute atomic E-state index is 0.0173. The second kappa shape index (κ2) is 6.24. The van der Waals surface area contributed by atoms with Gasteiger partial charge in [-0.3, -0.25) is 4.79 Å². The molecule has 0 unspecified atom stereocenters. The van der Waals surface area contributed by atoms with Crippen LogP contribution in [0.15, 0.2) is 22.8 Å². The van der Waals surface area contributed by atoms with E-state index in [-0.39, 0.29) is 5.91 Å². The molecule has 0 bridgehead atoms. The van der Waals surface area contributed by atoms with Gasteiger partial charge in [0.15, 0.2) is 0 Å². The van der Waals surface area contributed by atoms with Gasteiger partial charge in [-0.25, -0.2) is 0 Å². The van der Waals surface area contributed by atoms with Crippen LogP contribution in [0.3, 0.4) is 0 Å².